The van der Waals surface area contributed by atoms with Gasteiger partial charge >= 0.3 is 0 Å². The van der Waals surface area contributed by atoms with Crippen LogP contribution in [0, 0.1) is 11.8 Å². The first-order valence-corrected chi connectivity index (χ1v) is 9.80. The van der Waals surface area contributed by atoms with Crippen LogP contribution in [0.5, 0.6) is 0 Å². The normalized spacial score (nSPS) is 26.5. The summed E-state index contributed by atoms with van der Waals surface area (Å²) in [5.41, 5.74) is 2.68. The van der Waals surface area contributed by atoms with E-state index in [1.165, 1.54) is 13.8 Å². The average Bonchev–Trinajstić information content (AvgIpc) is 3.21. The number of amides is 2. The number of hydrazone groups is 1. The van der Waals surface area contributed by atoms with Crippen LogP contribution in [0.15, 0.2) is 53.6 Å². The molecule has 2 aromatic carbocycles. The predicted octanol–water partition coefficient (Wildman–Crippen LogP) is 2.36. The smallest absolute Gasteiger partial charge is 0.240 e. The summed E-state index contributed by atoms with van der Waals surface area (Å²) in [7, 11) is 0. The lowest BCUT2D eigenvalue weighted by molar-refractivity contribution is -0.129. The number of hydrogen-bond acceptors (Lipinski definition) is 6. The Bertz CT molecular complexity index is 1140. The minimum atomic E-state index is -0.796. The van der Waals surface area contributed by atoms with Crippen molar-refractivity contribution in [3.05, 3.63) is 65.2 Å². The van der Waals surface area contributed by atoms with Crippen LogP contribution in [-0.4, -0.2) is 40.6 Å². The molecule has 5 rings (SSSR count). The summed E-state index contributed by atoms with van der Waals surface area (Å²) in [5.74, 6) is -2.53. The Hall–Kier alpha value is -3.61. The van der Waals surface area contributed by atoms with Gasteiger partial charge in [0.2, 0.25) is 11.8 Å². The molecule has 0 radical (unpaired) electrons. The van der Waals surface area contributed by atoms with Crippen LogP contribution in [0.2, 0.25) is 0 Å². The standard InChI is InChI=1S/C23H19N3O4/c1-12(27)14-7-9-16(10-8-14)25-22(29)18-19(23(25)30)21-17-6-4-3-5-15(17)11-24-26(21)20(18)13(2)28/h3-11,18-21H,1-2H3/t18-,19+,20-,21-/m1/s1. The van der Waals surface area contributed by atoms with E-state index < -0.39 is 29.8 Å². The second-order valence-electron chi connectivity index (χ2n) is 7.92. The van der Waals surface area contributed by atoms with Gasteiger partial charge in [-0.25, -0.2) is 4.90 Å². The number of imide groups is 1. The molecule has 2 aromatic rings. The van der Waals surface area contributed by atoms with Gasteiger partial charge in [-0.2, -0.15) is 5.10 Å². The number of carbonyl (C=O) groups excluding carboxylic acids is 4. The van der Waals surface area contributed by atoms with Crippen molar-refractivity contribution in [3.63, 3.8) is 0 Å². The summed E-state index contributed by atoms with van der Waals surface area (Å²) >= 11 is 0. The summed E-state index contributed by atoms with van der Waals surface area (Å²) < 4.78 is 0. The summed E-state index contributed by atoms with van der Waals surface area (Å²) in [4.78, 5) is 52.1. The second kappa shape index (κ2) is 6.45. The van der Waals surface area contributed by atoms with E-state index in [0.717, 1.165) is 16.0 Å². The van der Waals surface area contributed by atoms with Crippen molar-refractivity contribution in [2.45, 2.75) is 25.9 Å². The molecule has 2 amide bonds. The number of nitrogens with zero attached hydrogens (tertiary/aromatic N) is 3. The lowest BCUT2D eigenvalue weighted by Crippen LogP contribution is -2.43. The monoisotopic (exact) mass is 401 g/mol. The number of anilines is 1. The lowest BCUT2D eigenvalue weighted by atomic mass is 9.84. The average molecular weight is 401 g/mol. The molecule has 0 bridgehead atoms. The first-order chi connectivity index (χ1) is 14.4. The van der Waals surface area contributed by atoms with E-state index in [4.69, 9.17) is 0 Å². The molecule has 4 atom stereocenters. The number of hydrogen-bond donors (Lipinski definition) is 0. The van der Waals surface area contributed by atoms with Gasteiger partial charge in [0, 0.05) is 5.56 Å². The summed E-state index contributed by atoms with van der Waals surface area (Å²) in [5, 5.41) is 6.07. The van der Waals surface area contributed by atoms with Crippen LogP contribution >= 0.6 is 0 Å². The Balaban J connectivity index is 1.60. The van der Waals surface area contributed by atoms with E-state index in [2.05, 4.69) is 5.10 Å². The summed E-state index contributed by atoms with van der Waals surface area (Å²) in [6.45, 7) is 2.89. The van der Waals surface area contributed by atoms with Crippen molar-refractivity contribution in [3.8, 4) is 0 Å². The third-order valence-corrected chi connectivity index (χ3v) is 6.24. The van der Waals surface area contributed by atoms with Gasteiger partial charge in [0.05, 0.1) is 29.8 Å². The first-order valence-electron chi connectivity index (χ1n) is 9.80. The number of fused-ring (bicyclic) bond motifs is 5. The van der Waals surface area contributed by atoms with Gasteiger partial charge in [-0.3, -0.25) is 24.2 Å². The van der Waals surface area contributed by atoms with Crippen molar-refractivity contribution < 1.29 is 19.2 Å². The minimum absolute atomic E-state index is 0.0959. The number of ketones is 2. The molecule has 0 unspecified atom stereocenters. The highest BCUT2D eigenvalue weighted by atomic mass is 16.2. The molecule has 0 spiro atoms. The Morgan fingerprint density at radius 2 is 1.57 bits per heavy atom. The number of benzene rings is 2. The van der Waals surface area contributed by atoms with E-state index in [1.807, 2.05) is 24.3 Å². The Morgan fingerprint density at radius 1 is 0.900 bits per heavy atom. The van der Waals surface area contributed by atoms with Gasteiger partial charge in [0.1, 0.15) is 6.04 Å². The van der Waals surface area contributed by atoms with Crippen LogP contribution in [-0.2, 0) is 14.4 Å². The molecule has 150 valence electrons. The van der Waals surface area contributed by atoms with E-state index in [-0.39, 0.29) is 17.5 Å². The fourth-order valence-corrected chi connectivity index (χ4v) is 4.92. The van der Waals surface area contributed by atoms with E-state index in [1.54, 1.807) is 35.5 Å². The van der Waals surface area contributed by atoms with E-state index in [0.29, 0.717) is 11.3 Å². The molecule has 2 fully saturated rings. The SMILES string of the molecule is CC(=O)c1ccc(N2C(=O)[C@@H]3[C@H](C2=O)[C@H]2c4ccccc4C=NN2[C@@H]3C(C)=O)cc1. The van der Waals surface area contributed by atoms with Crippen molar-refractivity contribution in [1.29, 1.82) is 0 Å². The molecule has 3 heterocycles. The topological polar surface area (TPSA) is 87.1 Å². The van der Waals surface area contributed by atoms with E-state index >= 15 is 0 Å². The lowest BCUT2D eigenvalue weighted by Gasteiger charge is -2.33. The zero-order valence-corrected chi connectivity index (χ0v) is 16.5. The number of rotatable bonds is 3. The highest BCUT2D eigenvalue weighted by Gasteiger charge is 2.64. The van der Waals surface area contributed by atoms with Gasteiger partial charge in [0.25, 0.3) is 0 Å². The maximum absolute atomic E-state index is 13.5. The molecule has 0 aromatic heterocycles. The Labute approximate surface area is 173 Å². The molecule has 2 saturated heterocycles. The number of carbonyl (C=O) groups is 4. The second-order valence-corrected chi connectivity index (χ2v) is 7.92. The minimum Gasteiger partial charge on any atom is -0.298 e. The van der Waals surface area contributed by atoms with Crippen LogP contribution in [0.25, 0.3) is 0 Å². The fraction of sp³-hybridized carbons (Fsp3) is 0.261. The van der Waals surface area contributed by atoms with Crippen molar-refractivity contribution in [2.24, 2.45) is 16.9 Å². The molecule has 7 heteroatoms. The van der Waals surface area contributed by atoms with Crippen molar-refractivity contribution >= 4 is 35.3 Å². The third-order valence-electron chi connectivity index (χ3n) is 6.24. The highest BCUT2D eigenvalue weighted by Crippen LogP contribution is 2.52. The van der Waals surface area contributed by atoms with Gasteiger partial charge < -0.3 is 0 Å². The molecule has 0 aliphatic carbocycles. The van der Waals surface area contributed by atoms with Crippen molar-refractivity contribution in [2.75, 3.05) is 4.90 Å². The van der Waals surface area contributed by atoms with Gasteiger partial charge in [0.15, 0.2) is 11.6 Å². The maximum atomic E-state index is 13.5. The van der Waals surface area contributed by atoms with Crippen LogP contribution in [0.3, 0.4) is 0 Å². The predicted molar refractivity (Wildman–Crippen MR) is 109 cm³/mol. The molecular formula is C23H19N3O4. The first kappa shape index (κ1) is 18.4. The molecule has 3 aliphatic heterocycles. The molecule has 0 saturated carbocycles. The highest BCUT2D eigenvalue weighted by molar-refractivity contribution is 6.24. The van der Waals surface area contributed by atoms with Crippen LogP contribution in [0.1, 0.15) is 41.4 Å². The van der Waals surface area contributed by atoms with Gasteiger partial charge in [-0.1, -0.05) is 24.3 Å². The zero-order valence-electron chi connectivity index (χ0n) is 16.5. The summed E-state index contributed by atoms with van der Waals surface area (Å²) in [6.07, 6.45) is 1.68. The van der Waals surface area contributed by atoms with Gasteiger partial charge in [-0.15, -0.1) is 0 Å². The van der Waals surface area contributed by atoms with Gasteiger partial charge in [-0.05, 0) is 49.2 Å². The third kappa shape index (κ3) is 2.41. The van der Waals surface area contributed by atoms with Crippen molar-refractivity contribution in [1.82, 2.24) is 5.01 Å². The van der Waals surface area contributed by atoms with Crippen LogP contribution in [0.4, 0.5) is 5.69 Å². The summed E-state index contributed by atoms with van der Waals surface area (Å²) in [6, 6.07) is 12.7. The zero-order chi connectivity index (χ0) is 21.2. The quantitative estimate of drug-likeness (QED) is 0.582. The Morgan fingerprint density at radius 3 is 2.23 bits per heavy atom. The molecular weight excluding hydrogens is 382 g/mol. The molecule has 7 nitrogen and oxygen atoms in total. The largest absolute Gasteiger partial charge is 0.298 e. The molecule has 3 aliphatic rings. The molecule has 0 N–H and O–H groups in total. The molecule has 30 heavy (non-hydrogen) atoms. The fourth-order valence-electron chi connectivity index (χ4n) is 4.92. The maximum Gasteiger partial charge on any atom is 0.240 e. The number of Topliss-reactive ketones (excluding diaryl/α,β-unsaturated/α-hetero) is 2. The van der Waals surface area contributed by atoms with E-state index in [9.17, 15) is 19.2 Å². The van der Waals surface area contributed by atoms with Crippen LogP contribution < -0.4 is 4.90 Å². The Kier molecular flexibility index (Phi) is 3.96.